The molecule has 0 aliphatic carbocycles. The van der Waals surface area contributed by atoms with Crippen molar-refractivity contribution < 1.29 is 0 Å². The van der Waals surface area contributed by atoms with Gasteiger partial charge in [0.1, 0.15) is 0 Å². The molecule has 3 heteroatoms. The van der Waals surface area contributed by atoms with Crippen LogP contribution in [0.2, 0.25) is 0 Å². The Bertz CT molecular complexity index is 230. The molecule has 3 unspecified atom stereocenters. The molecule has 114 valence electrons. The minimum absolute atomic E-state index is 0.687. The third-order valence-corrected chi connectivity index (χ3v) is 4.42. The van der Waals surface area contributed by atoms with Crippen LogP contribution in [0.4, 0.5) is 0 Å². The molecular formula is C16H35N3. The summed E-state index contributed by atoms with van der Waals surface area (Å²) in [5, 5.41) is 3.57. The summed E-state index contributed by atoms with van der Waals surface area (Å²) in [6, 6.07) is 1.44. The lowest BCUT2D eigenvalue weighted by Gasteiger charge is -2.22. The van der Waals surface area contributed by atoms with Crippen LogP contribution in [0.25, 0.3) is 0 Å². The summed E-state index contributed by atoms with van der Waals surface area (Å²) in [6.45, 7) is 11.9. The second-order valence-corrected chi connectivity index (χ2v) is 6.62. The van der Waals surface area contributed by atoms with Crippen LogP contribution < -0.4 is 5.32 Å². The van der Waals surface area contributed by atoms with Crippen LogP contribution in [-0.4, -0.2) is 62.2 Å². The molecule has 19 heavy (non-hydrogen) atoms. The minimum atomic E-state index is 0.687. The van der Waals surface area contributed by atoms with E-state index in [9.17, 15) is 0 Å². The average Bonchev–Trinajstić information content (AvgIpc) is 2.73. The zero-order valence-electron chi connectivity index (χ0n) is 13.8. The fraction of sp³-hybridized carbons (Fsp3) is 1.00. The van der Waals surface area contributed by atoms with Gasteiger partial charge in [-0.1, -0.05) is 20.3 Å². The van der Waals surface area contributed by atoms with Gasteiger partial charge in [0, 0.05) is 25.2 Å². The largest absolute Gasteiger partial charge is 0.314 e. The Kier molecular flexibility index (Phi) is 7.96. The van der Waals surface area contributed by atoms with Crippen LogP contribution in [0, 0.1) is 5.92 Å². The van der Waals surface area contributed by atoms with E-state index < -0.39 is 0 Å². The van der Waals surface area contributed by atoms with Crippen LogP contribution in [0.5, 0.6) is 0 Å². The number of hydrogen-bond acceptors (Lipinski definition) is 3. The molecule has 0 aromatic heterocycles. The number of likely N-dealkylation sites (tertiary alicyclic amines) is 1. The highest BCUT2D eigenvalue weighted by molar-refractivity contribution is 4.86. The summed E-state index contributed by atoms with van der Waals surface area (Å²) in [6.07, 6.45) is 5.27. The van der Waals surface area contributed by atoms with Gasteiger partial charge < -0.3 is 15.1 Å². The van der Waals surface area contributed by atoms with Gasteiger partial charge in [0.05, 0.1) is 0 Å². The fourth-order valence-electron chi connectivity index (χ4n) is 3.18. The predicted molar refractivity (Wildman–Crippen MR) is 84.7 cm³/mol. The van der Waals surface area contributed by atoms with E-state index in [1.54, 1.807) is 0 Å². The smallest absolute Gasteiger partial charge is 0.0254 e. The lowest BCUT2D eigenvalue weighted by Crippen LogP contribution is -2.34. The van der Waals surface area contributed by atoms with E-state index in [0.717, 1.165) is 18.5 Å². The molecule has 1 fully saturated rings. The SMILES string of the molecule is CCCNC(C)CCCCN1CC(C)C(N(C)C)C1. The molecule has 0 aromatic carbocycles. The topological polar surface area (TPSA) is 18.5 Å². The van der Waals surface area contributed by atoms with E-state index >= 15 is 0 Å². The third-order valence-electron chi connectivity index (χ3n) is 4.42. The van der Waals surface area contributed by atoms with Crippen LogP contribution in [-0.2, 0) is 0 Å². The highest BCUT2D eigenvalue weighted by Crippen LogP contribution is 2.20. The first-order chi connectivity index (χ1) is 9.04. The molecule has 0 aromatic rings. The molecule has 1 rings (SSSR count). The normalized spacial score (nSPS) is 26.2. The average molecular weight is 269 g/mol. The predicted octanol–water partition coefficient (Wildman–Crippen LogP) is 2.43. The second kappa shape index (κ2) is 8.93. The first-order valence-corrected chi connectivity index (χ1v) is 8.16. The number of unbranched alkanes of at least 4 members (excludes halogenated alkanes) is 1. The first-order valence-electron chi connectivity index (χ1n) is 8.16. The van der Waals surface area contributed by atoms with Gasteiger partial charge in [-0.2, -0.15) is 0 Å². The lowest BCUT2D eigenvalue weighted by molar-refractivity contribution is 0.250. The summed E-state index contributed by atoms with van der Waals surface area (Å²) < 4.78 is 0. The van der Waals surface area contributed by atoms with Gasteiger partial charge in [-0.3, -0.25) is 0 Å². The van der Waals surface area contributed by atoms with Gasteiger partial charge in [-0.05, 0) is 59.3 Å². The van der Waals surface area contributed by atoms with Crippen LogP contribution in [0.15, 0.2) is 0 Å². The maximum atomic E-state index is 3.57. The van der Waals surface area contributed by atoms with Crippen molar-refractivity contribution in [3.05, 3.63) is 0 Å². The molecule has 1 saturated heterocycles. The molecular weight excluding hydrogens is 234 g/mol. The summed E-state index contributed by atoms with van der Waals surface area (Å²) in [5.74, 6) is 0.820. The maximum absolute atomic E-state index is 3.57. The molecule has 0 amide bonds. The summed E-state index contributed by atoms with van der Waals surface area (Å²) in [4.78, 5) is 5.04. The van der Waals surface area contributed by atoms with E-state index in [1.807, 2.05) is 0 Å². The van der Waals surface area contributed by atoms with Gasteiger partial charge in [-0.15, -0.1) is 0 Å². The number of rotatable bonds is 9. The maximum Gasteiger partial charge on any atom is 0.0254 e. The zero-order chi connectivity index (χ0) is 14.3. The standard InChI is InChI=1S/C16H35N3/c1-6-10-17-15(3)9-7-8-11-19-12-14(2)16(13-19)18(4)5/h14-17H,6-13H2,1-5H3. The molecule has 0 saturated carbocycles. The van der Waals surface area contributed by atoms with Crippen molar-refractivity contribution in [1.82, 2.24) is 15.1 Å². The first kappa shape index (κ1) is 16.9. The van der Waals surface area contributed by atoms with Gasteiger partial charge in [0.15, 0.2) is 0 Å². The van der Waals surface area contributed by atoms with Crippen molar-refractivity contribution in [3.63, 3.8) is 0 Å². The lowest BCUT2D eigenvalue weighted by atomic mass is 10.1. The summed E-state index contributed by atoms with van der Waals surface area (Å²) in [7, 11) is 4.43. The molecule has 1 aliphatic rings. The molecule has 0 radical (unpaired) electrons. The fourth-order valence-corrected chi connectivity index (χ4v) is 3.18. The molecule has 1 N–H and O–H groups in total. The van der Waals surface area contributed by atoms with Crippen molar-refractivity contribution in [2.75, 3.05) is 40.3 Å². The highest BCUT2D eigenvalue weighted by Gasteiger charge is 2.30. The second-order valence-electron chi connectivity index (χ2n) is 6.62. The Morgan fingerprint density at radius 3 is 2.58 bits per heavy atom. The van der Waals surface area contributed by atoms with Crippen LogP contribution >= 0.6 is 0 Å². The summed E-state index contributed by atoms with van der Waals surface area (Å²) >= 11 is 0. The van der Waals surface area contributed by atoms with Gasteiger partial charge in [0.2, 0.25) is 0 Å². The Labute approximate surface area is 120 Å². The molecule has 1 heterocycles. The van der Waals surface area contributed by atoms with Gasteiger partial charge >= 0.3 is 0 Å². The molecule has 3 nitrogen and oxygen atoms in total. The quantitative estimate of drug-likeness (QED) is 0.649. The zero-order valence-corrected chi connectivity index (χ0v) is 13.8. The van der Waals surface area contributed by atoms with E-state index in [1.165, 1.54) is 45.3 Å². The number of nitrogens with zero attached hydrogens (tertiary/aromatic N) is 2. The molecule has 0 spiro atoms. The molecule has 3 atom stereocenters. The Morgan fingerprint density at radius 1 is 1.26 bits per heavy atom. The number of nitrogens with one attached hydrogen (secondary N) is 1. The van der Waals surface area contributed by atoms with Crippen molar-refractivity contribution in [2.24, 2.45) is 5.92 Å². The van der Waals surface area contributed by atoms with Crippen LogP contribution in [0.1, 0.15) is 46.5 Å². The molecule has 1 aliphatic heterocycles. The Hall–Kier alpha value is -0.120. The van der Waals surface area contributed by atoms with Crippen molar-refractivity contribution >= 4 is 0 Å². The van der Waals surface area contributed by atoms with Gasteiger partial charge in [-0.25, -0.2) is 0 Å². The number of likely N-dealkylation sites (N-methyl/N-ethyl adjacent to an activating group) is 1. The Balaban J connectivity index is 2.07. The van der Waals surface area contributed by atoms with E-state index in [-0.39, 0.29) is 0 Å². The van der Waals surface area contributed by atoms with Crippen molar-refractivity contribution in [1.29, 1.82) is 0 Å². The third kappa shape index (κ3) is 6.24. The van der Waals surface area contributed by atoms with E-state index in [4.69, 9.17) is 0 Å². The van der Waals surface area contributed by atoms with Crippen molar-refractivity contribution in [3.8, 4) is 0 Å². The van der Waals surface area contributed by atoms with E-state index in [0.29, 0.717) is 6.04 Å². The van der Waals surface area contributed by atoms with Crippen molar-refractivity contribution in [2.45, 2.75) is 58.5 Å². The summed E-state index contributed by atoms with van der Waals surface area (Å²) in [5.41, 5.74) is 0. The number of hydrogen-bond donors (Lipinski definition) is 1. The minimum Gasteiger partial charge on any atom is -0.314 e. The highest BCUT2D eigenvalue weighted by atomic mass is 15.2. The Morgan fingerprint density at radius 2 is 2.00 bits per heavy atom. The van der Waals surface area contributed by atoms with Gasteiger partial charge in [0.25, 0.3) is 0 Å². The van der Waals surface area contributed by atoms with Crippen LogP contribution in [0.3, 0.4) is 0 Å². The monoisotopic (exact) mass is 269 g/mol. The molecule has 0 bridgehead atoms. The van der Waals surface area contributed by atoms with E-state index in [2.05, 4.69) is 50.0 Å².